The van der Waals surface area contributed by atoms with Crippen LogP contribution in [0.5, 0.6) is 0 Å². The third-order valence-electron chi connectivity index (χ3n) is 5.90. The Morgan fingerprint density at radius 1 is 1.06 bits per heavy atom. The average molecular weight is 418 g/mol. The minimum atomic E-state index is -0.513. The molecule has 1 aliphatic heterocycles. The lowest BCUT2D eigenvalue weighted by molar-refractivity contribution is -0.150. The number of ether oxygens (including phenoxy) is 1. The van der Waals surface area contributed by atoms with E-state index in [2.05, 4.69) is 11.4 Å². The molecule has 0 spiro atoms. The van der Waals surface area contributed by atoms with Gasteiger partial charge in [-0.1, -0.05) is 48.5 Å². The number of carbonyl (C=O) groups excluding carboxylic acids is 3. The Labute approximate surface area is 181 Å². The standard InChI is InChI=1S/C25H26N2O4/c1-17(28)27-14-13-19-8-3-5-11-21(19)23(27)15-25(30)31-16-24(29)26-22-12-6-9-18-7-2-4-10-20(18)22/h2-5,7-8,10-11,13-14,22-23H,6,9,12,15-16H2,1H3,(H,26,29)/t22-,23-/m1/s1. The Balaban J connectivity index is 1.35. The predicted octanol–water partition coefficient (Wildman–Crippen LogP) is 3.69. The van der Waals surface area contributed by atoms with Crippen LogP contribution >= 0.6 is 0 Å². The molecule has 0 bridgehead atoms. The molecule has 0 unspecified atom stereocenters. The number of nitrogens with one attached hydrogen (secondary N) is 1. The third-order valence-corrected chi connectivity index (χ3v) is 5.90. The zero-order chi connectivity index (χ0) is 21.8. The number of hydrogen-bond donors (Lipinski definition) is 1. The van der Waals surface area contributed by atoms with Gasteiger partial charge in [0.1, 0.15) is 0 Å². The second-order valence-corrected chi connectivity index (χ2v) is 7.96. The first-order chi connectivity index (χ1) is 15.0. The lowest BCUT2D eigenvalue weighted by Crippen LogP contribution is -2.35. The van der Waals surface area contributed by atoms with Crippen LogP contribution < -0.4 is 5.32 Å². The summed E-state index contributed by atoms with van der Waals surface area (Å²) in [6, 6.07) is 15.2. The molecule has 6 heteroatoms. The van der Waals surface area contributed by atoms with E-state index >= 15 is 0 Å². The Morgan fingerprint density at radius 2 is 1.81 bits per heavy atom. The second kappa shape index (κ2) is 9.16. The lowest BCUT2D eigenvalue weighted by atomic mass is 9.88. The molecule has 1 N–H and O–H groups in total. The highest BCUT2D eigenvalue weighted by Gasteiger charge is 2.29. The van der Waals surface area contributed by atoms with E-state index in [1.54, 1.807) is 6.20 Å². The molecular formula is C25H26N2O4. The first-order valence-electron chi connectivity index (χ1n) is 10.6. The molecule has 0 radical (unpaired) electrons. The maximum Gasteiger partial charge on any atom is 0.308 e. The van der Waals surface area contributed by atoms with Gasteiger partial charge in [0.05, 0.1) is 18.5 Å². The molecule has 0 saturated carbocycles. The topological polar surface area (TPSA) is 75.7 Å². The van der Waals surface area contributed by atoms with Crippen molar-refractivity contribution in [2.45, 2.75) is 44.7 Å². The summed E-state index contributed by atoms with van der Waals surface area (Å²) in [4.78, 5) is 38.5. The van der Waals surface area contributed by atoms with Crippen LogP contribution in [0.25, 0.3) is 6.08 Å². The van der Waals surface area contributed by atoms with Crippen molar-refractivity contribution in [3.63, 3.8) is 0 Å². The summed E-state index contributed by atoms with van der Waals surface area (Å²) in [5.74, 6) is -0.986. The van der Waals surface area contributed by atoms with Gasteiger partial charge in [0.2, 0.25) is 5.91 Å². The van der Waals surface area contributed by atoms with E-state index in [0.29, 0.717) is 0 Å². The average Bonchev–Trinajstić information content (AvgIpc) is 2.78. The molecule has 2 aliphatic rings. The molecule has 1 aliphatic carbocycles. The van der Waals surface area contributed by atoms with Crippen LogP contribution in [-0.4, -0.2) is 29.3 Å². The number of nitrogens with zero attached hydrogens (tertiary/aromatic N) is 1. The highest BCUT2D eigenvalue weighted by atomic mass is 16.5. The molecule has 1 heterocycles. The molecule has 2 aromatic rings. The number of aryl methyl sites for hydroxylation is 1. The van der Waals surface area contributed by atoms with Crippen LogP contribution in [0.4, 0.5) is 0 Å². The van der Waals surface area contributed by atoms with Crippen LogP contribution in [0.15, 0.2) is 54.7 Å². The van der Waals surface area contributed by atoms with Gasteiger partial charge in [0.25, 0.3) is 5.91 Å². The van der Waals surface area contributed by atoms with Crippen molar-refractivity contribution in [2.75, 3.05) is 6.61 Å². The van der Waals surface area contributed by atoms with Gasteiger partial charge < -0.3 is 15.0 Å². The van der Waals surface area contributed by atoms with Crippen molar-refractivity contribution in [3.8, 4) is 0 Å². The molecular weight excluding hydrogens is 392 g/mol. The summed E-state index contributed by atoms with van der Waals surface area (Å²) in [7, 11) is 0. The van der Waals surface area contributed by atoms with Crippen LogP contribution in [0.3, 0.4) is 0 Å². The molecule has 0 fully saturated rings. The largest absolute Gasteiger partial charge is 0.456 e. The zero-order valence-electron chi connectivity index (χ0n) is 17.5. The zero-order valence-corrected chi connectivity index (χ0v) is 17.5. The quantitative estimate of drug-likeness (QED) is 0.752. The highest BCUT2D eigenvalue weighted by molar-refractivity contribution is 5.82. The Hall–Kier alpha value is -3.41. The SMILES string of the molecule is CC(=O)N1C=Cc2ccccc2[C@H]1CC(=O)OCC(=O)N[C@@H]1CCCc2ccccc21. The van der Waals surface area contributed by atoms with Crippen LogP contribution in [0, 0.1) is 0 Å². The summed E-state index contributed by atoms with van der Waals surface area (Å²) < 4.78 is 5.27. The van der Waals surface area contributed by atoms with Crippen molar-refractivity contribution < 1.29 is 19.1 Å². The summed E-state index contributed by atoms with van der Waals surface area (Å²) in [5.41, 5.74) is 4.24. The molecule has 0 aromatic heterocycles. The van der Waals surface area contributed by atoms with Crippen molar-refractivity contribution >= 4 is 23.9 Å². The van der Waals surface area contributed by atoms with Gasteiger partial charge in [-0.05, 0) is 47.6 Å². The molecule has 6 nitrogen and oxygen atoms in total. The van der Waals surface area contributed by atoms with Crippen molar-refractivity contribution in [3.05, 3.63) is 77.0 Å². The molecule has 2 atom stereocenters. The summed E-state index contributed by atoms with van der Waals surface area (Å²) >= 11 is 0. The second-order valence-electron chi connectivity index (χ2n) is 7.96. The molecule has 2 amide bonds. The first-order valence-corrected chi connectivity index (χ1v) is 10.6. The smallest absolute Gasteiger partial charge is 0.308 e. The van der Waals surface area contributed by atoms with Gasteiger partial charge in [0, 0.05) is 13.1 Å². The van der Waals surface area contributed by atoms with Crippen molar-refractivity contribution in [1.29, 1.82) is 0 Å². The highest BCUT2D eigenvalue weighted by Crippen LogP contribution is 2.33. The molecule has 31 heavy (non-hydrogen) atoms. The van der Waals surface area contributed by atoms with Gasteiger partial charge in [0.15, 0.2) is 6.61 Å². The van der Waals surface area contributed by atoms with Crippen LogP contribution in [-0.2, 0) is 25.5 Å². The summed E-state index contributed by atoms with van der Waals surface area (Å²) in [6.07, 6.45) is 6.43. The first kappa shape index (κ1) is 20.8. The Bertz CT molecular complexity index is 1030. The van der Waals surface area contributed by atoms with E-state index in [9.17, 15) is 14.4 Å². The number of benzene rings is 2. The maximum atomic E-state index is 12.5. The number of esters is 1. The van der Waals surface area contributed by atoms with E-state index in [4.69, 9.17) is 4.74 Å². The lowest BCUT2D eigenvalue weighted by Gasteiger charge is -2.32. The third kappa shape index (κ3) is 4.68. The van der Waals surface area contributed by atoms with E-state index < -0.39 is 12.0 Å². The van der Waals surface area contributed by atoms with E-state index in [1.807, 2.05) is 48.5 Å². The Kier molecular flexibility index (Phi) is 6.16. The van der Waals surface area contributed by atoms with Gasteiger partial charge in [-0.3, -0.25) is 14.4 Å². The van der Waals surface area contributed by atoms with E-state index in [0.717, 1.165) is 36.0 Å². The van der Waals surface area contributed by atoms with Gasteiger partial charge in [-0.25, -0.2) is 0 Å². The van der Waals surface area contributed by atoms with Gasteiger partial charge >= 0.3 is 5.97 Å². The van der Waals surface area contributed by atoms with Crippen LogP contribution in [0.2, 0.25) is 0 Å². The number of rotatable bonds is 5. The molecule has 2 aromatic carbocycles. The minimum Gasteiger partial charge on any atom is -0.456 e. The molecule has 0 saturated heterocycles. The molecule has 160 valence electrons. The van der Waals surface area contributed by atoms with Gasteiger partial charge in [-0.2, -0.15) is 0 Å². The Morgan fingerprint density at radius 3 is 2.61 bits per heavy atom. The summed E-state index contributed by atoms with van der Waals surface area (Å²) in [6.45, 7) is 1.13. The predicted molar refractivity (Wildman–Crippen MR) is 117 cm³/mol. The monoisotopic (exact) mass is 418 g/mol. The van der Waals surface area contributed by atoms with Gasteiger partial charge in [-0.15, -0.1) is 0 Å². The van der Waals surface area contributed by atoms with Crippen molar-refractivity contribution in [2.24, 2.45) is 0 Å². The van der Waals surface area contributed by atoms with Crippen LogP contribution in [0.1, 0.15) is 60.5 Å². The number of hydrogen-bond acceptors (Lipinski definition) is 4. The fourth-order valence-electron chi connectivity index (χ4n) is 4.42. The van der Waals surface area contributed by atoms with E-state index in [1.165, 1.54) is 17.4 Å². The fraction of sp³-hybridized carbons (Fsp3) is 0.320. The fourth-order valence-corrected chi connectivity index (χ4v) is 4.42. The number of carbonyl (C=O) groups is 3. The van der Waals surface area contributed by atoms with Crippen molar-refractivity contribution in [1.82, 2.24) is 10.2 Å². The summed E-state index contributed by atoms with van der Waals surface area (Å²) in [5, 5.41) is 2.98. The minimum absolute atomic E-state index is 0.0134. The number of amides is 2. The maximum absolute atomic E-state index is 12.5. The molecule has 4 rings (SSSR count). The normalized spacial score (nSPS) is 19.2. The van der Waals surface area contributed by atoms with E-state index in [-0.39, 0.29) is 30.9 Å². The number of fused-ring (bicyclic) bond motifs is 2.